The Morgan fingerprint density at radius 2 is 1.50 bits per heavy atom. The molecule has 1 atom stereocenters. The first kappa shape index (κ1) is 16.7. The maximum Gasteiger partial charge on any atom is 0.319 e. The molecule has 0 saturated carbocycles. The van der Waals surface area contributed by atoms with Gasteiger partial charge in [-0.05, 0) is 33.3 Å². The fourth-order valence-corrected chi connectivity index (χ4v) is 1.98. The van der Waals surface area contributed by atoms with Crippen LogP contribution in [0.2, 0.25) is 0 Å². The molecule has 0 radical (unpaired) electrons. The fourth-order valence-electron chi connectivity index (χ4n) is 1.98. The van der Waals surface area contributed by atoms with Crippen molar-refractivity contribution in [3.63, 3.8) is 0 Å². The van der Waals surface area contributed by atoms with E-state index in [9.17, 15) is 4.79 Å². The van der Waals surface area contributed by atoms with Crippen molar-refractivity contribution in [3.8, 4) is 0 Å². The molecule has 0 aromatic heterocycles. The Kier molecular flexibility index (Phi) is 5.31. The highest BCUT2D eigenvalue weighted by atomic mass is 16.7. The summed E-state index contributed by atoms with van der Waals surface area (Å²) < 4.78 is 16.3. The number of rotatable bonds is 5. The van der Waals surface area contributed by atoms with Gasteiger partial charge in [0, 0.05) is 14.2 Å². The molecule has 0 N–H and O–H groups in total. The summed E-state index contributed by atoms with van der Waals surface area (Å²) in [4.78, 5) is 12.5. The average Bonchev–Trinajstić information content (AvgIpc) is 2.37. The summed E-state index contributed by atoms with van der Waals surface area (Å²) in [6.07, 6.45) is 0. The molecule has 20 heavy (non-hydrogen) atoms. The van der Waals surface area contributed by atoms with Crippen molar-refractivity contribution >= 4 is 5.97 Å². The molecule has 0 heterocycles. The van der Waals surface area contributed by atoms with E-state index < -0.39 is 17.3 Å². The van der Waals surface area contributed by atoms with Crippen LogP contribution >= 0.6 is 0 Å². The van der Waals surface area contributed by atoms with Gasteiger partial charge in [-0.25, -0.2) is 0 Å². The third kappa shape index (κ3) is 4.05. The Labute approximate surface area is 121 Å². The van der Waals surface area contributed by atoms with E-state index in [-0.39, 0.29) is 5.97 Å². The minimum Gasteiger partial charge on any atom is -0.459 e. The van der Waals surface area contributed by atoms with E-state index in [4.69, 9.17) is 14.2 Å². The van der Waals surface area contributed by atoms with E-state index in [1.807, 2.05) is 51.1 Å². The van der Waals surface area contributed by atoms with Crippen LogP contribution in [0.4, 0.5) is 0 Å². The van der Waals surface area contributed by atoms with Crippen LogP contribution < -0.4 is 0 Å². The summed E-state index contributed by atoms with van der Waals surface area (Å²) >= 11 is 0. The van der Waals surface area contributed by atoms with Crippen molar-refractivity contribution < 1.29 is 19.0 Å². The first-order chi connectivity index (χ1) is 9.23. The zero-order valence-electron chi connectivity index (χ0n) is 13.1. The number of hydrogen-bond donors (Lipinski definition) is 0. The Morgan fingerprint density at radius 1 is 1.00 bits per heavy atom. The summed E-state index contributed by atoms with van der Waals surface area (Å²) in [5, 5.41) is 0. The molecule has 0 saturated heterocycles. The van der Waals surface area contributed by atoms with Crippen molar-refractivity contribution in [1.29, 1.82) is 0 Å². The SMILES string of the molecule is COC(C)(OC)C(C(=O)OC(C)(C)C)c1ccccc1. The highest BCUT2D eigenvalue weighted by Crippen LogP contribution is 2.34. The highest BCUT2D eigenvalue weighted by molar-refractivity contribution is 5.79. The van der Waals surface area contributed by atoms with Gasteiger partial charge in [0.25, 0.3) is 0 Å². The lowest BCUT2D eigenvalue weighted by molar-refractivity contribution is -0.220. The standard InChI is InChI=1S/C16H24O4/c1-15(2,3)20-14(17)13(16(4,18-5)19-6)12-10-8-7-9-11-12/h7-11,13H,1-6H3. The van der Waals surface area contributed by atoms with Gasteiger partial charge in [-0.2, -0.15) is 0 Å². The van der Waals surface area contributed by atoms with E-state index in [0.29, 0.717) is 0 Å². The Bertz CT molecular complexity index is 430. The lowest BCUT2D eigenvalue weighted by Crippen LogP contribution is -2.43. The lowest BCUT2D eigenvalue weighted by Gasteiger charge is -2.35. The smallest absolute Gasteiger partial charge is 0.319 e. The molecule has 4 nitrogen and oxygen atoms in total. The number of esters is 1. The van der Waals surface area contributed by atoms with Crippen molar-refractivity contribution in [2.45, 2.75) is 45.0 Å². The van der Waals surface area contributed by atoms with E-state index in [2.05, 4.69) is 0 Å². The quantitative estimate of drug-likeness (QED) is 0.614. The largest absolute Gasteiger partial charge is 0.459 e. The van der Waals surface area contributed by atoms with Crippen molar-refractivity contribution in [1.82, 2.24) is 0 Å². The van der Waals surface area contributed by atoms with Crippen molar-refractivity contribution in [2.24, 2.45) is 0 Å². The number of carbonyl (C=O) groups is 1. The summed E-state index contributed by atoms with van der Waals surface area (Å²) in [5.41, 5.74) is 0.236. The zero-order valence-corrected chi connectivity index (χ0v) is 13.1. The molecule has 0 amide bonds. The molecule has 1 unspecified atom stereocenters. The van der Waals surface area contributed by atoms with Gasteiger partial charge in [0.15, 0.2) is 5.79 Å². The van der Waals surface area contributed by atoms with E-state index in [1.54, 1.807) is 6.92 Å². The highest BCUT2D eigenvalue weighted by Gasteiger charge is 2.43. The van der Waals surface area contributed by atoms with Crippen LogP contribution in [0.3, 0.4) is 0 Å². The maximum absolute atomic E-state index is 12.5. The molecule has 1 aromatic rings. The molecule has 0 spiro atoms. The minimum absolute atomic E-state index is 0.366. The van der Waals surface area contributed by atoms with Crippen molar-refractivity contribution in [3.05, 3.63) is 35.9 Å². The second kappa shape index (κ2) is 6.37. The third-order valence-electron chi connectivity index (χ3n) is 3.11. The van der Waals surface area contributed by atoms with Gasteiger partial charge in [0.1, 0.15) is 11.5 Å². The summed E-state index contributed by atoms with van der Waals surface area (Å²) in [6.45, 7) is 7.24. The third-order valence-corrected chi connectivity index (χ3v) is 3.11. The van der Waals surface area contributed by atoms with Crippen LogP contribution in [0, 0.1) is 0 Å². The van der Waals surface area contributed by atoms with Gasteiger partial charge >= 0.3 is 5.97 Å². The Balaban J connectivity index is 3.18. The van der Waals surface area contributed by atoms with Gasteiger partial charge in [-0.1, -0.05) is 30.3 Å². The Morgan fingerprint density at radius 3 is 1.90 bits per heavy atom. The molecular formula is C16H24O4. The van der Waals surface area contributed by atoms with E-state index in [1.165, 1.54) is 14.2 Å². The lowest BCUT2D eigenvalue weighted by atomic mass is 9.91. The van der Waals surface area contributed by atoms with Gasteiger partial charge in [-0.3, -0.25) is 4.79 Å². The van der Waals surface area contributed by atoms with Gasteiger partial charge < -0.3 is 14.2 Å². The second-order valence-electron chi connectivity index (χ2n) is 5.80. The fraction of sp³-hybridized carbons (Fsp3) is 0.562. The first-order valence-electron chi connectivity index (χ1n) is 6.61. The zero-order chi connectivity index (χ0) is 15.4. The van der Waals surface area contributed by atoms with E-state index in [0.717, 1.165) is 5.56 Å². The van der Waals surface area contributed by atoms with Crippen molar-refractivity contribution in [2.75, 3.05) is 14.2 Å². The Hall–Kier alpha value is -1.39. The molecule has 0 aliphatic heterocycles. The molecule has 1 rings (SSSR count). The predicted octanol–water partition coefficient (Wildman–Crippen LogP) is 3.12. The molecular weight excluding hydrogens is 256 g/mol. The summed E-state index contributed by atoms with van der Waals surface area (Å²) in [6, 6.07) is 9.37. The molecule has 112 valence electrons. The number of benzene rings is 1. The predicted molar refractivity (Wildman–Crippen MR) is 77.5 cm³/mol. The van der Waals surface area contributed by atoms with Crippen LogP contribution in [0.5, 0.6) is 0 Å². The van der Waals surface area contributed by atoms with Gasteiger partial charge in [0.05, 0.1) is 0 Å². The molecule has 0 fully saturated rings. The molecule has 0 bridgehead atoms. The molecule has 0 aliphatic carbocycles. The maximum atomic E-state index is 12.5. The number of carbonyl (C=O) groups excluding carboxylic acids is 1. The number of hydrogen-bond acceptors (Lipinski definition) is 4. The van der Waals surface area contributed by atoms with Crippen LogP contribution in [0.25, 0.3) is 0 Å². The van der Waals surface area contributed by atoms with Crippen LogP contribution in [-0.2, 0) is 19.0 Å². The first-order valence-corrected chi connectivity index (χ1v) is 6.61. The summed E-state index contributed by atoms with van der Waals surface area (Å²) in [5.74, 6) is -2.10. The summed E-state index contributed by atoms with van der Waals surface area (Å²) in [7, 11) is 3.04. The number of methoxy groups -OCH3 is 2. The molecule has 0 aliphatic rings. The van der Waals surface area contributed by atoms with Gasteiger partial charge in [0.2, 0.25) is 0 Å². The van der Waals surface area contributed by atoms with E-state index >= 15 is 0 Å². The molecule has 1 aromatic carbocycles. The second-order valence-corrected chi connectivity index (χ2v) is 5.80. The van der Waals surface area contributed by atoms with Crippen LogP contribution in [0.1, 0.15) is 39.2 Å². The topological polar surface area (TPSA) is 44.8 Å². The number of ether oxygens (including phenoxy) is 3. The van der Waals surface area contributed by atoms with Gasteiger partial charge in [-0.15, -0.1) is 0 Å². The monoisotopic (exact) mass is 280 g/mol. The van der Waals surface area contributed by atoms with Crippen LogP contribution in [0.15, 0.2) is 30.3 Å². The van der Waals surface area contributed by atoms with Crippen LogP contribution in [-0.4, -0.2) is 31.6 Å². The minimum atomic E-state index is -1.08. The normalized spacial score (nSPS) is 13.9. The average molecular weight is 280 g/mol. The molecule has 4 heteroatoms.